The monoisotopic (exact) mass is 255 g/mol. The van der Waals surface area contributed by atoms with E-state index < -0.39 is 0 Å². The molecule has 5 heteroatoms. The van der Waals surface area contributed by atoms with Gasteiger partial charge in [0.15, 0.2) is 0 Å². The van der Waals surface area contributed by atoms with Crippen molar-refractivity contribution in [2.24, 2.45) is 5.41 Å². The number of hydrogen-bond acceptors (Lipinski definition) is 5. The highest BCUT2D eigenvalue weighted by Gasteiger charge is 2.41. The van der Waals surface area contributed by atoms with Crippen molar-refractivity contribution in [2.75, 3.05) is 25.6 Å². The summed E-state index contributed by atoms with van der Waals surface area (Å²) < 4.78 is 5.15. The molecule has 0 aromatic carbocycles. The summed E-state index contributed by atoms with van der Waals surface area (Å²) in [5.41, 5.74) is 0.458. The zero-order chi connectivity index (χ0) is 12.3. The molecule has 1 aliphatic rings. The summed E-state index contributed by atoms with van der Waals surface area (Å²) in [7, 11) is 1.77. The van der Waals surface area contributed by atoms with E-state index in [2.05, 4.69) is 29.4 Å². The number of rotatable bonds is 7. The van der Waals surface area contributed by atoms with E-state index in [1.807, 2.05) is 0 Å². The Balaban J connectivity index is 1.81. The second kappa shape index (κ2) is 5.31. The Bertz CT molecular complexity index is 360. The molecule has 0 amide bonds. The van der Waals surface area contributed by atoms with Gasteiger partial charge in [-0.2, -0.15) is 0 Å². The van der Waals surface area contributed by atoms with Crippen molar-refractivity contribution in [1.29, 1.82) is 0 Å². The highest BCUT2D eigenvalue weighted by atomic mass is 32.1. The van der Waals surface area contributed by atoms with Crippen molar-refractivity contribution in [3.8, 4) is 0 Å². The molecule has 1 saturated carbocycles. The van der Waals surface area contributed by atoms with Crippen LogP contribution < -0.4 is 5.32 Å². The normalized spacial score (nSPS) is 17.4. The molecule has 1 aromatic rings. The molecule has 1 aromatic heterocycles. The molecule has 1 aliphatic carbocycles. The summed E-state index contributed by atoms with van der Waals surface area (Å²) in [5.74, 6) is 0.464. The molecule has 96 valence electrons. The first-order chi connectivity index (χ1) is 8.15. The van der Waals surface area contributed by atoms with E-state index in [1.165, 1.54) is 12.8 Å². The van der Waals surface area contributed by atoms with Gasteiger partial charge >= 0.3 is 0 Å². The van der Waals surface area contributed by atoms with E-state index in [-0.39, 0.29) is 0 Å². The molecule has 1 N–H and O–H groups in total. The first-order valence-corrected chi connectivity index (χ1v) is 7.03. The van der Waals surface area contributed by atoms with Gasteiger partial charge in [0.05, 0.1) is 0 Å². The van der Waals surface area contributed by atoms with Crippen molar-refractivity contribution in [1.82, 2.24) is 10.2 Å². The van der Waals surface area contributed by atoms with Gasteiger partial charge < -0.3 is 10.1 Å². The first kappa shape index (κ1) is 12.8. The maximum atomic E-state index is 5.15. The van der Waals surface area contributed by atoms with Gasteiger partial charge in [0.2, 0.25) is 5.13 Å². The van der Waals surface area contributed by atoms with Crippen LogP contribution in [0.25, 0.3) is 0 Å². The minimum absolute atomic E-state index is 0.458. The minimum atomic E-state index is 0.458. The number of hydrogen-bond donors (Lipinski definition) is 1. The quantitative estimate of drug-likeness (QED) is 0.814. The molecule has 0 spiro atoms. The largest absolute Gasteiger partial charge is 0.385 e. The molecular formula is C12H21N3OS. The third kappa shape index (κ3) is 3.39. The Kier molecular flexibility index (Phi) is 3.99. The highest BCUT2D eigenvalue weighted by molar-refractivity contribution is 7.15. The second-order valence-corrected chi connectivity index (χ2v) is 6.21. The van der Waals surface area contributed by atoms with Crippen LogP contribution >= 0.6 is 11.3 Å². The summed E-state index contributed by atoms with van der Waals surface area (Å²) in [6, 6.07) is 0. The average Bonchev–Trinajstić information content (AvgIpc) is 2.91. The lowest BCUT2D eigenvalue weighted by atomic mass is 10.0. The van der Waals surface area contributed by atoms with Crippen molar-refractivity contribution in [3.63, 3.8) is 0 Å². The Hall–Kier alpha value is -0.680. The van der Waals surface area contributed by atoms with E-state index in [9.17, 15) is 0 Å². The minimum Gasteiger partial charge on any atom is -0.385 e. The number of methoxy groups -OCH3 is 1. The van der Waals surface area contributed by atoms with Crippen LogP contribution in [0.5, 0.6) is 0 Å². The fourth-order valence-electron chi connectivity index (χ4n) is 1.81. The van der Waals surface area contributed by atoms with Gasteiger partial charge in [-0.15, -0.1) is 10.2 Å². The highest BCUT2D eigenvalue weighted by Crippen LogP contribution is 2.48. The molecule has 0 saturated heterocycles. The number of ether oxygens (including phenoxy) is 1. The topological polar surface area (TPSA) is 47.0 Å². The summed E-state index contributed by atoms with van der Waals surface area (Å²) in [6.07, 6.45) is 3.75. The Morgan fingerprint density at radius 1 is 1.41 bits per heavy atom. The summed E-state index contributed by atoms with van der Waals surface area (Å²) in [4.78, 5) is 0. The number of aromatic nitrogens is 2. The molecule has 1 heterocycles. The Morgan fingerprint density at radius 3 is 2.71 bits per heavy atom. The fourth-order valence-corrected chi connectivity index (χ4v) is 2.55. The van der Waals surface area contributed by atoms with Gasteiger partial charge in [-0.3, -0.25) is 0 Å². The van der Waals surface area contributed by atoms with Crippen molar-refractivity contribution < 1.29 is 4.74 Å². The van der Waals surface area contributed by atoms with E-state index in [0.717, 1.165) is 29.7 Å². The Labute approximate surface area is 107 Å². The molecule has 0 radical (unpaired) electrons. The van der Waals surface area contributed by atoms with Gasteiger partial charge in [-0.05, 0) is 24.7 Å². The number of anilines is 1. The van der Waals surface area contributed by atoms with Gasteiger partial charge in [-0.1, -0.05) is 25.2 Å². The maximum absolute atomic E-state index is 5.15. The molecule has 0 bridgehead atoms. The summed E-state index contributed by atoms with van der Waals surface area (Å²) >= 11 is 1.67. The number of nitrogens with one attached hydrogen (secondary N) is 1. The SMILES string of the molecule is COCCC1(CNc2nnc(C(C)C)s2)CC1. The van der Waals surface area contributed by atoms with E-state index >= 15 is 0 Å². The molecule has 2 rings (SSSR count). The van der Waals surface area contributed by atoms with Crippen LogP contribution in [0, 0.1) is 5.41 Å². The lowest BCUT2D eigenvalue weighted by molar-refractivity contribution is 0.175. The predicted molar refractivity (Wildman–Crippen MR) is 70.6 cm³/mol. The van der Waals surface area contributed by atoms with Crippen LogP contribution in [0.3, 0.4) is 0 Å². The van der Waals surface area contributed by atoms with E-state index in [1.54, 1.807) is 18.4 Å². The molecule has 1 fully saturated rings. The lowest BCUT2D eigenvalue weighted by Crippen LogP contribution is -2.17. The van der Waals surface area contributed by atoms with Crippen molar-refractivity contribution in [2.45, 2.75) is 39.0 Å². The molecule has 0 aliphatic heterocycles. The molecule has 0 atom stereocenters. The van der Waals surface area contributed by atoms with Crippen LogP contribution in [0.15, 0.2) is 0 Å². The zero-order valence-corrected chi connectivity index (χ0v) is 11.6. The zero-order valence-electron chi connectivity index (χ0n) is 10.8. The Morgan fingerprint density at radius 2 is 2.18 bits per heavy atom. The van der Waals surface area contributed by atoms with Crippen LogP contribution in [-0.4, -0.2) is 30.5 Å². The molecule has 4 nitrogen and oxygen atoms in total. The summed E-state index contributed by atoms with van der Waals surface area (Å²) in [5, 5.41) is 13.8. The van der Waals surface area contributed by atoms with Crippen LogP contribution in [0.4, 0.5) is 5.13 Å². The molecule has 0 unspecified atom stereocenters. The van der Waals surface area contributed by atoms with E-state index in [0.29, 0.717) is 11.3 Å². The lowest BCUT2D eigenvalue weighted by Gasteiger charge is -2.14. The molecule has 17 heavy (non-hydrogen) atoms. The average molecular weight is 255 g/mol. The third-order valence-electron chi connectivity index (χ3n) is 3.34. The molecular weight excluding hydrogens is 234 g/mol. The predicted octanol–water partition coefficient (Wildman–Crippen LogP) is 2.89. The number of nitrogens with zero attached hydrogens (tertiary/aromatic N) is 2. The van der Waals surface area contributed by atoms with Crippen LogP contribution in [0.1, 0.15) is 44.0 Å². The van der Waals surface area contributed by atoms with Crippen LogP contribution in [0.2, 0.25) is 0 Å². The third-order valence-corrected chi connectivity index (χ3v) is 4.52. The standard InChI is InChI=1S/C12H21N3OS/c1-9(2)10-14-15-11(17-10)13-8-12(4-5-12)6-7-16-3/h9H,4-8H2,1-3H3,(H,13,15). The summed E-state index contributed by atoms with van der Waals surface area (Å²) in [6.45, 7) is 6.15. The van der Waals surface area contributed by atoms with Crippen molar-refractivity contribution >= 4 is 16.5 Å². The van der Waals surface area contributed by atoms with Crippen LogP contribution in [-0.2, 0) is 4.74 Å². The maximum Gasteiger partial charge on any atom is 0.205 e. The first-order valence-electron chi connectivity index (χ1n) is 6.21. The van der Waals surface area contributed by atoms with Gasteiger partial charge in [0.1, 0.15) is 5.01 Å². The van der Waals surface area contributed by atoms with Gasteiger partial charge in [0.25, 0.3) is 0 Å². The fraction of sp³-hybridized carbons (Fsp3) is 0.833. The van der Waals surface area contributed by atoms with Gasteiger partial charge in [-0.25, -0.2) is 0 Å². The van der Waals surface area contributed by atoms with Crippen molar-refractivity contribution in [3.05, 3.63) is 5.01 Å². The van der Waals surface area contributed by atoms with Gasteiger partial charge in [0, 0.05) is 26.2 Å². The smallest absolute Gasteiger partial charge is 0.205 e. The van der Waals surface area contributed by atoms with E-state index in [4.69, 9.17) is 4.74 Å². The second-order valence-electron chi connectivity index (χ2n) is 5.20.